The molecule has 2 saturated carbocycles. The van der Waals surface area contributed by atoms with Crippen molar-refractivity contribution in [1.29, 1.82) is 0 Å². The van der Waals surface area contributed by atoms with Crippen molar-refractivity contribution in [3.63, 3.8) is 0 Å². The lowest BCUT2D eigenvalue weighted by atomic mass is 9.84. The molecule has 182 valence electrons. The Balaban J connectivity index is 0.000000188. The summed E-state index contributed by atoms with van der Waals surface area (Å²) in [6.45, 7) is 2.83. The number of nitrogens with zero attached hydrogens (tertiary/aromatic N) is 2. The van der Waals surface area contributed by atoms with E-state index in [4.69, 9.17) is 14.6 Å². The molecule has 2 aromatic heterocycles. The van der Waals surface area contributed by atoms with Crippen molar-refractivity contribution in [2.75, 3.05) is 0 Å². The third-order valence-electron chi connectivity index (χ3n) is 5.40. The Morgan fingerprint density at radius 1 is 0.912 bits per heavy atom. The quantitative estimate of drug-likeness (QED) is 0.331. The molecule has 1 N–H and O–H groups in total. The normalized spacial score (nSPS) is 22.6. The van der Waals surface area contributed by atoms with Crippen molar-refractivity contribution in [2.45, 2.75) is 57.5 Å². The minimum atomic E-state index is -0.459. The molecule has 0 atom stereocenters. The number of halogens is 3. The number of benzene rings is 1. The fourth-order valence-electron chi connectivity index (χ4n) is 3.40. The van der Waals surface area contributed by atoms with Gasteiger partial charge in [0.15, 0.2) is 0 Å². The third-order valence-corrected chi connectivity index (χ3v) is 6.39. The summed E-state index contributed by atoms with van der Waals surface area (Å²) in [5, 5.41) is 8.62. The van der Waals surface area contributed by atoms with Crippen molar-refractivity contribution >= 4 is 31.9 Å². The first-order chi connectivity index (χ1) is 16.4. The standard InChI is InChI=1S/C16H16BrNO2.C5H3BrFN.C5H10O/c17-13-6-7-18-16(8-13)20-15-9-14(10-15)19-11-12-4-2-1-3-5-12;6-4-1-2-8-5(7)3-4;1-4-2-5(6)3-4/h1-8,14-15H,9-11H2;1-3H;4-6H,2-3H2,1H3. The number of aromatic nitrogens is 2. The number of hydrogen-bond acceptors (Lipinski definition) is 5. The van der Waals surface area contributed by atoms with Crippen LogP contribution in [0.15, 0.2) is 75.9 Å². The zero-order valence-corrected chi connectivity index (χ0v) is 22.2. The summed E-state index contributed by atoms with van der Waals surface area (Å²) in [6, 6.07) is 17.0. The Morgan fingerprint density at radius 3 is 2.06 bits per heavy atom. The van der Waals surface area contributed by atoms with Gasteiger partial charge in [-0.3, -0.25) is 0 Å². The Bertz CT molecular complexity index is 977. The second-order valence-electron chi connectivity index (χ2n) is 8.47. The van der Waals surface area contributed by atoms with Gasteiger partial charge < -0.3 is 14.6 Å². The highest BCUT2D eigenvalue weighted by Crippen LogP contribution is 2.29. The van der Waals surface area contributed by atoms with E-state index in [-0.39, 0.29) is 12.2 Å². The predicted octanol–water partition coefficient (Wildman–Crippen LogP) is 6.73. The lowest BCUT2D eigenvalue weighted by molar-refractivity contribution is -0.0695. The van der Waals surface area contributed by atoms with Gasteiger partial charge in [-0.05, 0) is 36.5 Å². The van der Waals surface area contributed by atoms with Gasteiger partial charge in [0, 0.05) is 46.3 Å². The largest absolute Gasteiger partial charge is 0.474 e. The highest BCUT2D eigenvalue weighted by Gasteiger charge is 2.32. The van der Waals surface area contributed by atoms with E-state index in [1.165, 1.54) is 17.8 Å². The third kappa shape index (κ3) is 9.78. The number of aliphatic hydroxyl groups excluding tert-OH is 1. The summed E-state index contributed by atoms with van der Waals surface area (Å²) < 4.78 is 25.4. The van der Waals surface area contributed by atoms with Crippen LogP contribution in [-0.4, -0.2) is 33.4 Å². The molecule has 34 heavy (non-hydrogen) atoms. The lowest BCUT2D eigenvalue weighted by Gasteiger charge is -2.34. The summed E-state index contributed by atoms with van der Waals surface area (Å²) >= 11 is 6.49. The number of pyridine rings is 2. The summed E-state index contributed by atoms with van der Waals surface area (Å²) in [6.07, 6.45) is 7.62. The topological polar surface area (TPSA) is 64.5 Å². The number of hydrogen-bond donors (Lipinski definition) is 1. The summed E-state index contributed by atoms with van der Waals surface area (Å²) in [5.74, 6) is 1.00. The van der Waals surface area contributed by atoms with E-state index in [9.17, 15) is 4.39 Å². The molecule has 1 aromatic carbocycles. The van der Waals surface area contributed by atoms with Crippen molar-refractivity contribution < 1.29 is 19.0 Å². The van der Waals surface area contributed by atoms with Crippen LogP contribution in [0.25, 0.3) is 0 Å². The molecule has 0 aliphatic heterocycles. The number of aliphatic hydroxyl groups is 1. The molecule has 0 spiro atoms. The van der Waals surface area contributed by atoms with E-state index in [1.54, 1.807) is 12.3 Å². The molecule has 0 radical (unpaired) electrons. The molecule has 5 nitrogen and oxygen atoms in total. The average molecular weight is 596 g/mol. The molecule has 2 fully saturated rings. The van der Waals surface area contributed by atoms with Gasteiger partial charge in [-0.1, -0.05) is 69.1 Å². The maximum absolute atomic E-state index is 12.0. The molecule has 0 unspecified atom stereocenters. The van der Waals surface area contributed by atoms with Gasteiger partial charge in [0.25, 0.3) is 0 Å². The molecule has 8 heteroatoms. The zero-order chi connectivity index (χ0) is 24.3. The van der Waals surface area contributed by atoms with Crippen LogP contribution in [-0.2, 0) is 11.3 Å². The molecular formula is C26H29Br2FN2O3. The monoisotopic (exact) mass is 594 g/mol. The maximum atomic E-state index is 12.0. The smallest absolute Gasteiger partial charge is 0.214 e. The van der Waals surface area contributed by atoms with Gasteiger partial charge in [0.2, 0.25) is 11.8 Å². The second-order valence-corrected chi connectivity index (χ2v) is 10.3. The Labute approximate surface area is 217 Å². The van der Waals surface area contributed by atoms with Gasteiger partial charge in [-0.25, -0.2) is 9.97 Å². The summed E-state index contributed by atoms with van der Waals surface area (Å²) in [4.78, 5) is 7.53. The highest BCUT2D eigenvalue weighted by molar-refractivity contribution is 9.10. The SMILES string of the molecule is Brc1ccnc(OC2CC(OCc3ccccc3)C2)c1.CC1CC(O)C1.Fc1cc(Br)ccn1. The molecule has 2 aliphatic carbocycles. The van der Waals surface area contributed by atoms with Crippen LogP contribution < -0.4 is 4.74 Å². The molecule has 0 amide bonds. The first-order valence-corrected chi connectivity index (χ1v) is 12.8. The van der Waals surface area contributed by atoms with Crippen molar-refractivity contribution in [1.82, 2.24) is 9.97 Å². The Hall–Kier alpha value is -1.87. The van der Waals surface area contributed by atoms with Gasteiger partial charge in [0.05, 0.1) is 18.8 Å². The maximum Gasteiger partial charge on any atom is 0.214 e. The van der Waals surface area contributed by atoms with E-state index in [1.807, 2.05) is 30.3 Å². The molecule has 5 rings (SSSR count). The number of rotatable bonds is 5. The van der Waals surface area contributed by atoms with Crippen molar-refractivity contribution in [2.24, 2.45) is 5.92 Å². The molecule has 0 bridgehead atoms. The van der Waals surface area contributed by atoms with E-state index in [2.05, 4.69) is 60.9 Å². The Kier molecular flexibility index (Phi) is 10.9. The molecular weight excluding hydrogens is 567 g/mol. The molecule has 2 heterocycles. The van der Waals surface area contributed by atoms with Crippen LogP contribution in [0.1, 0.15) is 38.2 Å². The lowest BCUT2D eigenvalue weighted by Crippen LogP contribution is -2.39. The Morgan fingerprint density at radius 2 is 1.56 bits per heavy atom. The molecule has 0 saturated heterocycles. The highest BCUT2D eigenvalue weighted by atomic mass is 79.9. The van der Waals surface area contributed by atoms with Gasteiger partial charge in [-0.2, -0.15) is 4.39 Å². The van der Waals surface area contributed by atoms with Crippen molar-refractivity contribution in [3.8, 4) is 5.88 Å². The van der Waals surface area contributed by atoms with Gasteiger partial charge in [-0.15, -0.1) is 0 Å². The van der Waals surface area contributed by atoms with Crippen molar-refractivity contribution in [3.05, 3.63) is 87.4 Å². The first-order valence-electron chi connectivity index (χ1n) is 11.3. The zero-order valence-electron chi connectivity index (χ0n) is 19.0. The van der Waals surface area contributed by atoms with E-state index < -0.39 is 5.95 Å². The van der Waals surface area contributed by atoms with E-state index in [0.29, 0.717) is 23.1 Å². The van der Waals surface area contributed by atoms with Crippen LogP contribution in [0.2, 0.25) is 0 Å². The van der Waals surface area contributed by atoms with Crippen LogP contribution in [0.3, 0.4) is 0 Å². The number of ether oxygens (including phenoxy) is 2. The molecule has 3 aromatic rings. The average Bonchev–Trinajstić information content (AvgIpc) is 2.76. The minimum absolute atomic E-state index is 0.0417. The first kappa shape index (κ1) is 26.7. The minimum Gasteiger partial charge on any atom is -0.474 e. The second kappa shape index (κ2) is 13.9. The summed E-state index contributed by atoms with van der Waals surface area (Å²) in [5.41, 5.74) is 1.21. The fraction of sp³-hybridized carbons (Fsp3) is 0.385. The van der Waals surface area contributed by atoms with Crippen LogP contribution in [0, 0.1) is 11.9 Å². The molecule has 2 aliphatic rings. The summed E-state index contributed by atoms with van der Waals surface area (Å²) in [7, 11) is 0. The van der Waals surface area contributed by atoms with Gasteiger partial charge >= 0.3 is 0 Å². The van der Waals surface area contributed by atoms with Crippen LogP contribution in [0.5, 0.6) is 5.88 Å². The van der Waals surface area contributed by atoms with E-state index in [0.717, 1.165) is 36.1 Å². The predicted molar refractivity (Wildman–Crippen MR) is 137 cm³/mol. The van der Waals surface area contributed by atoms with Gasteiger partial charge in [0.1, 0.15) is 6.10 Å². The fourth-order valence-corrected chi connectivity index (χ4v) is 4.02. The van der Waals surface area contributed by atoms with Crippen LogP contribution >= 0.6 is 31.9 Å². The van der Waals surface area contributed by atoms with Crippen LogP contribution in [0.4, 0.5) is 4.39 Å². The van der Waals surface area contributed by atoms with E-state index >= 15 is 0 Å².